The number of carbonyl (C=O) groups is 2. The van der Waals surface area contributed by atoms with Gasteiger partial charge in [-0.25, -0.2) is 0 Å². The van der Waals surface area contributed by atoms with Crippen molar-refractivity contribution in [2.75, 3.05) is 13.1 Å². The highest BCUT2D eigenvalue weighted by atomic mass is 16.5. The van der Waals surface area contributed by atoms with Crippen molar-refractivity contribution in [2.45, 2.75) is 58.8 Å². The Hall–Kier alpha value is -3.07. The minimum absolute atomic E-state index is 0.00621. The van der Waals surface area contributed by atoms with Gasteiger partial charge in [0, 0.05) is 24.2 Å². The summed E-state index contributed by atoms with van der Waals surface area (Å²) in [6, 6.07) is 5.52. The number of hydrogen-bond donors (Lipinski definition) is 4. The number of hydrogen-bond acceptors (Lipinski definition) is 6. The van der Waals surface area contributed by atoms with Crippen molar-refractivity contribution < 1.29 is 24.6 Å². The molecule has 0 spiro atoms. The molecule has 176 valence electrons. The van der Waals surface area contributed by atoms with Crippen LogP contribution >= 0.6 is 0 Å². The first-order valence-corrected chi connectivity index (χ1v) is 10.6. The van der Waals surface area contributed by atoms with Gasteiger partial charge < -0.3 is 31.0 Å². The fourth-order valence-corrected chi connectivity index (χ4v) is 3.65. The molecule has 0 aliphatic carbocycles. The normalized spacial score (nSPS) is 17.5. The maximum absolute atomic E-state index is 12.8. The molecule has 9 nitrogen and oxygen atoms in total. The Kier molecular flexibility index (Phi) is 8.26. The Balaban J connectivity index is 1.88. The van der Waals surface area contributed by atoms with Gasteiger partial charge in [-0.1, -0.05) is 44.6 Å². The molecule has 1 aliphatic heterocycles. The van der Waals surface area contributed by atoms with Crippen LogP contribution in [-0.2, 0) is 9.53 Å². The average molecular weight is 447 g/mol. The fraction of sp³-hybridized carbons (Fsp3) is 0.522. The Bertz CT molecular complexity index is 852. The summed E-state index contributed by atoms with van der Waals surface area (Å²) in [6.45, 7) is 12.2. The Morgan fingerprint density at radius 1 is 1.22 bits per heavy atom. The van der Waals surface area contributed by atoms with Gasteiger partial charge >= 0.3 is 0 Å². The van der Waals surface area contributed by atoms with Crippen LogP contribution < -0.4 is 11.1 Å². The number of aliphatic hydroxyl groups is 1. The van der Waals surface area contributed by atoms with E-state index < -0.39 is 12.1 Å². The third-order valence-electron chi connectivity index (χ3n) is 5.44. The molecule has 0 aromatic heterocycles. The zero-order chi connectivity index (χ0) is 24.1. The molecule has 5 N–H and O–H groups in total. The Morgan fingerprint density at radius 2 is 1.75 bits per heavy atom. The predicted octanol–water partition coefficient (Wildman–Crippen LogP) is 2.39. The van der Waals surface area contributed by atoms with Crippen LogP contribution in [0, 0.1) is 5.41 Å². The molecule has 9 heteroatoms. The third kappa shape index (κ3) is 6.46. The lowest BCUT2D eigenvalue weighted by Crippen LogP contribution is -2.50. The van der Waals surface area contributed by atoms with Crippen LogP contribution in [0.15, 0.2) is 41.8 Å². The molecule has 0 radical (unpaired) electrons. The van der Waals surface area contributed by atoms with Crippen LogP contribution in [0.5, 0.6) is 0 Å². The van der Waals surface area contributed by atoms with Gasteiger partial charge in [0.2, 0.25) is 5.91 Å². The lowest BCUT2D eigenvalue weighted by atomic mass is 9.87. The second-order valence-corrected chi connectivity index (χ2v) is 9.16. The number of nitrogens with two attached hydrogens (primary N) is 1. The first-order valence-electron chi connectivity index (χ1n) is 10.6. The number of nitrogens with zero attached hydrogens (tertiary/aromatic N) is 2. The number of piperidine rings is 1. The first kappa shape index (κ1) is 25.2. The number of amidine groups is 1. The number of amides is 2. The smallest absolute Gasteiger partial charge is 0.251 e. The van der Waals surface area contributed by atoms with Gasteiger partial charge in [-0.05, 0) is 37.3 Å². The standard InChI is InChI=1S/C23H34N4O5/c1-14(25-21(29)17-8-6-16(7-9-17)20(24)26-31)22(30)27-12-10-18(11-13-27)32-19(15(2)28)23(3,4)5/h6-9,14,18-19,28,31H,2,10-13H2,1,3-5H3,(H2,24,26)(H,25,29). The summed E-state index contributed by atoms with van der Waals surface area (Å²) in [7, 11) is 0. The quantitative estimate of drug-likeness (QED) is 0.167. The van der Waals surface area contributed by atoms with E-state index in [4.69, 9.17) is 15.7 Å². The van der Waals surface area contributed by atoms with Gasteiger partial charge in [-0.15, -0.1) is 0 Å². The summed E-state index contributed by atoms with van der Waals surface area (Å²) >= 11 is 0. The van der Waals surface area contributed by atoms with E-state index in [0.717, 1.165) is 0 Å². The van der Waals surface area contributed by atoms with E-state index >= 15 is 0 Å². The summed E-state index contributed by atoms with van der Waals surface area (Å²) in [5, 5.41) is 24.2. The SMILES string of the molecule is C=C(O)C(OC1CCN(C(=O)C(C)NC(=O)c2ccc(/C(N)=N/O)cc2)CC1)C(C)(C)C. The molecular formula is C23H34N4O5. The number of nitrogens with one attached hydrogen (secondary N) is 1. The molecule has 1 aromatic carbocycles. The zero-order valence-electron chi connectivity index (χ0n) is 19.2. The monoisotopic (exact) mass is 446 g/mol. The van der Waals surface area contributed by atoms with Gasteiger partial charge in [-0.2, -0.15) is 0 Å². The molecule has 32 heavy (non-hydrogen) atoms. The van der Waals surface area contributed by atoms with E-state index in [1.165, 1.54) is 0 Å². The van der Waals surface area contributed by atoms with Crippen LogP contribution in [0.4, 0.5) is 0 Å². The lowest BCUT2D eigenvalue weighted by Gasteiger charge is -2.38. The van der Waals surface area contributed by atoms with Crippen molar-refractivity contribution in [3.8, 4) is 0 Å². The predicted molar refractivity (Wildman–Crippen MR) is 122 cm³/mol. The number of carbonyl (C=O) groups excluding carboxylic acids is 2. The molecule has 1 fully saturated rings. The van der Waals surface area contributed by atoms with Crippen molar-refractivity contribution in [1.29, 1.82) is 0 Å². The highest BCUT2D eigenvalue weighted by molar-refractivity contribution is 6.00. The van der Waals surface area contributed by atoms with Crippen molar-refractivity contribution in [3.05, 3.63) is 47.7 Å². The Morgan fingerprint density at radius 3 is 2.22 bits per heavy atom. The molecule has 2 amide bonds. The van der Waals surface area contributed by atoms with E-state index in [1.54, 1.807) is 36.1 Å². The number of aliphatic hydroxyl groups excluding tert-OH is 1. The molecule has 2 rings (SSSR count). The number of rotatable bonds is 7. The molecule has 0 bridgehead atoms. The molecular weight excluding hydrogens is 412 g/mol. The fourth-order valence-electron chi connectivity index (χ4n) is 3.65. The summed E-state index contributed by atoms with van der Waals surface area (Å²) in [5.41, 5.74) is 6.08. The van der Waals surface area contributed by atoms with Crippen LogP contribution in [0.1, 0.15) is 56.5 Å². The van der Waals surface area contributed by atoms with Gasteiger partial charge in [0.15, 0.2) is 5.84 Å². The average Bonchev–Trinajstić information content (AvgIpc) is 2.75. The second kappa shape index (κ2) is 10.5. The van der Waals surface area contributed by atoms with Gasteiger partial charge in [0.1, 0.15) is 17.9 Å². The molecule has 2 atom stereocenters. The van der Waals surface area contributed by atoms with Crippen molar-refractivity contribution in [2.24, 2.45) is 16.3 Å². The molecule has 1 heterocycles. The maximum Gasteiger partial charge on any atom is 0.251 e. The van der Waals surface area contributed by atoms with Crippen molar-refractivity contribution in [3.63, 3.8) is 0 Å². The molecule has 0 saturated carbocycles. The summed E-state index contributed by atoms with van der Waals surface area (Å²) in [6.07, 6.45) is 0.729. The molecule has 1 aliphatic rings. The van der Waals surface area contributed by atoms with E-state index in [0.29, 0.717) is 37.1 Å². The minimum atomic E-state index is -0.691. The van der Waals surface area contributed by atoms with Crippen LogP contribution in [0.2, 0.25) is 0 Å². The third-order valence-corrected chi connectivity index (χ3v) is 5.44. The Labute approximate surface area is 188 Å². The summed E-state index contributed by atoms with van der Waals surface area (Å²) in [4.78, 5) is 27.0. The van der Waals surface area contributed by atoms with Crippen molar-refractivity contribution >= 4 is 17.6 Å². The van der Waals surface area contributed by atoms with E-state index in [2.05, 4.69) is 17.1 Å². The number of benzene rings is 1. The number of likely N-dealkylation sites (tertiary alicyclic amines) is 1. The summed E-state index contributed by atoms with van der Waals surface area (Å²) < 4.78 is 6.07. The lowest BCUT2D eigenvalue weighted by molar-refractivity contribution is -0.137. The van der Waals surface area contributed by atoms with E-state index in [1.807, 2.05) is 20.8 Å². The molecule has 2 unspecified atom stereocenters. The van der Waals surface area contributed by atoms with E-state index in [-0.39, 0.29) is 34.9 Å². The topological polar surface area (TPSA) is 137 Å². The van der Waals surface area contributed by atoms with Gasteiger partial charge in [0.05, 0.1) is 6.10 Å². The molecule has 1 saturated heterocycles. The summed E-state index contributed by atoms with van der Waals surface area (Å²) in [5.74, 6) is -0.592. The largest absolute Gasteiger partial charge is 0.510 e. The molecule has 1 aromatic rings. The zero-order valence-corrected chi connectivity index (χ0v) is 19.2. The highest BCUT2D eigenvalue weighted by Crippen LogP contribution is 2.29. The minimum Gasteiger partial charge on any atom is -0.510 e. The number of oxime groups is 1. The van der Waals surface area contributed by atoms with Crippen LogP contribution in [-0.4, -0.2) is 64.2 Å². The number of ether oxygens (including phenoxy) is 1. The van der Waals surface area contributed by atoms with E-state index in [9.17, 15) is 14.7 Å². The van der Waals surface area contributed by atoms with Gasteiger partial charge in [-0.3, -0.25) is 9.59 Å². The van der Waals surface area contributed by atoms with Crippen LogP contribution in [0.25, 0.3) is 0 Å². The van der Waals surface area contributed by atoms with Gasteiger partial charge in [0.25, 0.3) is 5.91 Å². The van der Waals surface area contributed by atoms with Crippen molar-refractivity contribution in [1.82, 2.24) is 10.2 Å². The first-order chi connectivity index (χ1) is 14.9. The highest BCUT2D eigenvalue weighted by Gasteiger charge is 2.33. The second-order valence-electron chi connectivity index (χ2n) is 9.16. The van der Waals surface area contributed by atoms with Crippen LogP contribution in [0.3, 0.4) is 0 Å². The maximum atomic E-state index is 12.8.